The van der Waals surface area contributed by atoms with E-state index in [0.29, 0.717) is 0 Å². The molecule has 2 atom stereocenters. The topological polar surface area (TPSA) is 115 Å². The van der Waals surface area contributed by atoms with Crippen molar-refractivity contribution in [3.63, 3.8) is 0 Å². The molecule has 2 unspecified atom stereocenters. The van der Waals surface area contributed by atoms with E-state index < -0.39 is 24.1 Å². The number of carboxylic acid groups (broad SMARTS) is 2. The normalized spacial score (nSPS) is 14.4. The summed E-state index contributed by atoms with van der Waals surface area (Å²) in [6.07, 6.45) is -4.53. The molecule has 0 bridgehead atoms. The Morgan fingerprint density at radius 3 is 1.18 bits per heavy atom. The SMILES string of the molecule is O=C(O)C(O)C(O)C(=O)O.[Sn]. The fourth-order valence-corrected chi connectivity index (χ4v) is 0.270. The number of aliphatic hydroxyl groups excluding tert-OH is 2. The van der Waals surface area contributed by atoms with Gasteiger partial charge in [0.05, 0.1) is 0 Å². The number of carboxylic acids is 2. The van der Waals surface area contributed by atoms with Crippen LogP contribution in [0.15, 0.2) is 0 Å². The molecule has 0 spiro atoms. The van der Waals surface area contributed by atoms with Crippen LogP contribution in [0.1, 0.15) is 0 Å². The fraction of sp³-hybridized carbons (Fsp3) is 0.500. The summed E-state index contributed by atoms with van der Waals surface area (Å²) < 4.78 is 0. The summed E-state index contributed by atoms with van der Waals surface area (Å²) >= 11 is 0. The molecule has 0 aliphatic carbocycles. The monoisotopic (exact) mass is 270 g/mol. The van der Waals surface area contributed by atoms with Crippen LogP contribution in [-0.4, -0.2) is 68.5 Å². The van der Waals surface area contributed by atoms with Crippen molar-refractivity contribution in [3.8, 4) is 0 Å². The zero-order chi connectivity index (χ0) is 8.31. The van der Waals surface area contributed by atoms with Crippen molar-refractivity contribution in [2.45, 2.75) is 12.2 Å². The predicted octanol–water partition coefficient (Wildman–Crippen LogP) is -2.50. The maximum Gasteiger partial charge on any atom is 0.335 e. The van der Waals surface area contributed by atoms with Gasteiger partial charge in [0.15, 0.2) is 12.2 Å². The molecule has 62 valence electrons. The van der Waals surface area contributed by atoms with Gasteiger partial charge in [-0.1, -0.05) is 0 Å². The molecule has 0 aliphatic rings. The molecule has 0 rings (SSSR count). The number of carbonyl (C=O) groups is 2. The van der Waals surface area contributed by atoms with Gasteiger partial charge in [-0.15, -0.1) is 0 Å². The molecule has 7 heteroatoms. The van der Waals surface area contributed by atoms with E-state index in [9.17, 15) is 9.59 Å². The van der Waals surface area contributed by atoms with Crippen LogP contribution in [0, 0.1) is 0 Å². The quantitative estimate of drug-likeness (QED) is 0.421. The molecule has 0 aromatic carbocycles. The largest absolute Gasteiger partial charge is 0.479 e. The Hall–Kier alpha value is -0.341. The van der Waals surface area contributed by atoms with Crippen molar-refractivity contribution in [2.24, 2.45) is 0 Å². The first kappa shape index (κ1) is 13.3. The van der Waals surface area contributed by atoms with Gasteiger partial charge in [0.2, 0.25) is 0 Å². The van der Waals surface area contributed by atoms with Gasteiger partial charge in [0, 0.05) is 23.9 Å². The number of rotatable bonds is 3. The molecular weight excluding hydrogens is 263 g/mol. The minimum atomic E-state index is -2.27. The van der Waals surface area contributed by atoms with E-state index in [4.69, 9.17) is 20.4 Å². The first-order valence-electron chi connectivity index (χ1n) is 2.28. The Kier molecular flexibility index (Phi) is 6.42. The molecule has 0 saturated heterocycles. The number of aliphatic carboxylic acids is 2. The number of hydrogen-bond donors (Lipinski definition) is 4. The van der Waals surface area contributed by atoms with E-state index in [1.54, 1.807) is 0 Å². The maximum absolute atomic E-state index is 9.77. The Morgan fingerprint density at radius 2 is 1.09 bits per heavy atom. The molecule has 6 nitrogen and oxygen atoms in total. The second-order valence-electron chi connectivity index (χ2n) is 1.57. The minimum Gasteiger partial charge on any atom is -0.479 e. The van der Waals surface area contributed by atoms with E-state index in [0.717, 1.165) is 0 Å². The molecule has 0 aromatic heterocycles. The Bertz CT molecular complexity index is 139. The van der Waals surface area contributed by atoms with E-state index in [2.05, 4.69) is 0 Å². The second kappa shape index (κ2) is 5.33. The van der Waals surface area contributed by atoms with Crippen LogP contribution in [0.5, 0.6) is 0 Å². The molecule has 4 radical (unpaired) electrons. The first-order valence-corrected chi connectivity index (χ1v) is 2.28. The molecule has 0 amide bonds. The number of aliphatic hydroxyl groups is 2. The van der Waals surface area contributed by atoms with Crippen molar-refractivity contribution in [1.29, 1.82) is 0 Å². The van der Waals surface area contributed by atoms with Crippen LogP contribution in [0.4, 0.5) is 0 Å². The van der Waals surface area contributed by atoms with Crippen LogP contribution < -0.4 is 0 Å². The van der Waals surface area contributed by atoms with Gasteiger partial charge < -0.3 is 20.4 Å². The van der Waals surface area contributed by atoms with E-state index >= 15 is 0 Å². The number of hydrogen-bond acceptors (Lipinski definition) is 4. The van der Waals surface area contributed by atoms with Crippen molar-refractivity contribution in [1.82, 2.24) is 0 Å². The van der Waals surface area contributed by atoms with Gasteiger partial charge in [0.25, 0.3) is 0 Å². The van der Waals surface area contributed by atoms with Crippen molar-refractivity contribution < 1.29 is 30.0 Å². The van der Waals surface area contributed by atoms with Gasteiger partial charge in [-0.3, -0.25) is 0 Å². The summed E-state index contributed by atoms with van der Waals surface area (Å²) in [7, 11) is 0. The minimum absolute atomic E-state index is 0. The summed E-state index contributed by atoms with van der Waals surface area (Å²) in [5.41, 5.74) is 0. The Balaban J connectivity index is 0. The summed E-state index contributed by atoms with van der Waals surface area (Å²) in [6.45, 7) is 0. The molecule has 0 saturated carbocycles. The van der Waals surface area contributed by atoms with E-state index in [-0.39, 0.29) is 23.9 Å². The Morgan fingerprint density at radius 1 is 0.909 bits per heavy atom. The van der Waals surface area contributed by atoms with Crippen LogP contribution in [0.3, 0.4) is 0 Å². The van der Waals surface area contributed by atoms with Crippen LogP contribution in [0.25, 0.3) is 0 Å². The summed E-state index contributed by atoms with van der Waals surface area (Å²) in [5, 5.41) is 32.5. The second-order valence-corrected chi connectivity index (χ2v) is 1.57. The van der Waals surface area contributed by atoms with E-state index in [1.807, 2.05) is 0 Å². The van der Waals surface area contributed by atoms with Crippen molar-refractivity contribution in [3.05, 3.63) is 0 Å². The van der Waals surface area contributed by atoms with Gasteiger partial charge in [-0.05, 0) is 0 Å². The average molecular weight is 269 g/mol. The Labute approximate surface area is 78.4 Å². The smallest absolute Gasteiger partial charge is 0.335 e. The maximum atomic E-state index is 9.77. The molecule has 0 heterocycles. The van der Waals surface area contributed by atoms with Gasteiger partial charge in [-0.2, -0.15) is 0 Å². The first-order chi connectivity index (χ1) is 4.46. The van der Waals surface area contributed by atoms with Gasteiger partial charge in [-0.25, -0.2) is 9.59 Å². The van der Waals surface area contributed by atoms with Crippen molar-refractivity contribution >= 4 is 35.8 Å². The molecule has 4 N–H and O–H groups in total. The molecule has 0 fully saturated rings. The summed E-state index contributed by atoms with van der Waals surface area (Å²) in [5.74, 6) is -3.54. The third-order valence-corrected chi connectivity index (χ3v) is 0.805. The molecular formula is C4H6O6Sn. The third kappa shape index (κ3) is 4.17. The molecule has 0 aliphatic heterocycles. The van der Waals surface area contributed by atoms with Crippen LogP contribution >= 0.6 is 0 Å². The third-order valence-electron chi connectivity index (χ3n) is 0.805. The van der Waals surface area contributed by atoms with Crippen molar-refractivity contribution in [2.75, 3.05) is 0 Å². The summed E-state index contributed by atoms with van der Waals surface area (Å²) in [4.78, 5) is 19.5. The van der Waals surface area contributed by atoms with Gasteiger partial charge >= 0.3 is 11.9 Å². The van der Waals surface area contributed by atoms with Crippen LogP contribution in [-0.2, 0) is 9.59 Å². The predicted molar refractivity (Wildman–Crippen MR) is 33.0 cm³/mol. The zero-order valence-electron chi connectivity index (χ0n) is 5.26. The summed E-state index contributed by atoms with van der Waals surface area (Å²) in [6, 6.07) is 0. The van der Waals surface area contributed by atoms with E-state index in [1.165, 1.54) is 0 Å². The standard InChI is InChI=1S/C4H6O6.Sn/c5-1(3(7)8)2(6)4(9)10;/h1-2,5-6H,(H,7,8)(H,9,10);. The van der Waals surface area contributed by atoms with Gasteiger partial charge in [0.1, 0.15) is 0 Å². The van der Waals surface area contributed by atoms with Crippen LogP contribution in [0.2, 0.25) is 0 Å². The molecule has 0 aromatic rings. The fourth-order valence-electron chi connectivity index (χ4n) is 0.270. The zero-order valence-corrected chi connectivity index (χ0v) is 8.11. The average Bonchev–Trinajstić information content (AvgIpc) is 1.84. The molecule has 11 heavy (non-hydrogen) atoms.